The number of nitrogens with zero attached hydrogens (tertiary/aromatic N) is 1. The van der Waals surface area contributed by atoms with Gasteiger partial charge in [-0.25, -0.2) is 0 Å². The molecule has 6 nitrogen and oxygen atoms in total. The molecule has 1 aromatic carbocycles. The van der Waals surface area contributed by atoms with E-state index in [1.54, 1.807) is 29.2 Å². The van der Waals surface area contributed by atoms with Crippen LogP contribution in [0.15, 0.2) is 24.3 Å². The first-order valence-corrected chi connectivity index (χ1v) is 7.47. The van der Waals surface area contributed by atoms with Crippen molar-refractivity contribution in [2.24, 2.45) is 5.92 Å². The summed E-state index contributed by atoms with van der Waals surface area (Å²) in [6.45, 7) is 2.54. The minimum absolute atomic E-state index is 0.0439. The third-order valence-electron chi connectivity index (χ3n) is 3.66. The lowest BCUT2D eigenvalue weighted by molar-refractivity contribution is -0.134. The number of rotatable bonds is 2. The first-order valence-electron chi connectivity index (χ1n) is 7.09. The molecule has 1 heterocycles. The number of hydrazine groups is 1. The average molecular weight is 324 g/mol. The highest BCUT2D eigenvalue weighted by atomic mass is 35.5. The Morgan fingerprint density at radius 2 is 1.95 bits per heavy atom. The van der Waals surface area contributed by atoms with Crippen LogP contribution in [0.2, 0.25) is 5.02 Å². The Morgan fingerprint density at radius 1 is 1.23 bits per heavy atom. The van der Waals surface area contributed by atoms with Crippen molar-refractivity contribution in [3.05, 3.63) is 34.9 Å². The van der Waals surface area contributed by atoms with E-state index >= 15 is 0 Å². The Bertz CT molecular complexity index is 591. The van der Waals surface area contributed by atoms with E-state index in [0.29, 0.717) is 30.1 Å². The molecule has 2 rings (SSSR count). The van der Waals surface area contributed by atoms with Crippen LogP contribution in [-0.4, -0.2) is 35.7 Å². The highest BCUT2D eigenvalue weighted by molar-refractivity contribution is 6.33. The number of halogens is 1. The second-order valence-corrected chi connectivity index (χ2v) is 5.63. The Balaban J connectivity index is 1.89. The fraction of sp³-hybridized carbons (Fsp3) is 0.400. The molecule has 1 aliphatic rings. The van der Waals surface area contributed by atoms with Gasteiger partial charge in [0.2, 0.25) is 11.8 Å². The SMILES string of the molecule is CC(=O)N1CCC[C@H](C(=O)NNC(=O)c2ccccc2Cl)C1. The van der Waals surface area contributed by atoms with Crippen LogP contribution in [0.3, 0.4) is 0 Å². The smallest absolute Gasteiger partial charge is 0.271 e. The monoisotopic (exact) mass is 323 g/mol. The second-order valence-electron chi connectivity index (χ2n) is 5.23. The van der Waals surface area contributed by atoms with Crippen molar-refractivity contribution >= 4 is 29.3 Å². The molecular weight excluding hydrogens is 306 g/mol. The van der Waals surface area contributed by atoms with E-state index in [1.165, 1.54) is 6.92 Å². The lowest BCUT2D eigenvalue weighted by Gasteiger charge is -2.31. The van der Waals surface area contributed by atoms with Crippen LogP contribution in [0.4, 0.5) is 0 Å². The number of carbonyl (C=O) groups is 3. The first kappa shape index (κ1) is 16.3. The average Bonchev–Trinajstić information content (AvgIpc) is 2.52. The molecule has 2 N–H and O–H groups in total. The molecule has 0 unspecified atom stereocenters. The summed E-state index contributed by atoms with van der Waals surface area (Å²) in [5, 5.41) is 0.315. The van der Waals surface area contributed by atoms with Gasteiger partial charge in [-0.15, -0.1) is 0 Å². The van der Waals surface area contributed by atoms with Gasteiger partial charge < -0.3 is 4.90 Å². The van der Waals surface area contributed by atoms with Crippen LogP contribution < -0.4 is 10.9 Å². The van der Waals surface area contributed by atoms with Crippen LogP contribution >= 0.6 is 11.6 Å². The molecule has 3 amide bonds. The van der Waals surface area contributed by atoms with Crippen molar-refractivity contribution in [1.82, 2.24) is 15.8 Å². The molecule has 1 saturated heterocycles. The number of amides is 3. The molecule has 0 spiro atoms. The predicted molar refractivity (Wildman–Crippen MR) is 82.0 cm³/mol. The Kier molecular flexibility index (Phi) is 5.38. The number of hydrogen-bond donors (Lipinski definition) is 2. The van der Waals surface area contributed by atoms with Crippen molar-refractivity contribution in [1.29, 1.82) is 0 Å². The first-order chi connectivity index (χ1) is 10.5. The molecule has 0 aliphatic carbocycles. The molecule has 118 valence electrons. The van der Waals surface area contributed by atoms with Gasteiger partial charge in [0, 0.05) is 20.0 Å². The summed E-state index contributed by atoms with van der Waals surface area (Å²) in [6, 6.07) is 6.58. The Morgan fingerprint density at radius 3 is 2.64 bits per heavy atom. The van der Waals surface area contributed by atoms with Gasteiger partial charge in [0.25, 0.3) is 5.91 Å². The zero-order valence-electron chi connectivity index (χ0n) is 12.3. The van der Waals surface area contributed by atoms with Crippen molar-refractivity contribution < 1.29 is 14.4 Å². The van der Waals surface area contributed by atoms with Gasteiger partial charge >= 0.3 is 0 Å². The lowest BCUT2D eigenvalue weighted by atomic mass is 9.97. The summed E-state index contributed by atoms with van der Waals surface area (Å²) in [4.78, 5) is 37.0. The van der Waals surface area contributed by atoms with Gasteiger partial charge in [-0.1, -0.05) is 23.7 Å². The molecule has 0 radical (unpaired) electrons. The minimum Gasteiger partial charge on any atom is -0.342 e. The highest BCUT2D eigenvalue weighted by Crippen LogP contribution is 2.17. The third kappa shape index (κ3) is 3.98. The Labute approximate surface area is 133 Å². The number of piperidine rings is 1. The summed E-state index contributed by atoms with van der Waals surface area (Å²) < 4.78 is 0. The van der Waals surface area contributed by atoms with Gasteiger partial charge in [0.1, 0.15) is 0 Å². The molecule has 1 atom stereocenters. The van der Waals surface area contributed by atoms with Crippen molar-refractivity contribution in [3.63, 3.8) is 0 Å². The molecular formula is C15H18ClN3O3. The minimum atomic E-state index is -0.474. The maximum atomic E-state index is 12.1. The van der Waals surface area contributed by atoms with E-state index in [0.717, 1.165) is 6.42 Å². The van der Waals surface area contributed by atoms with E-state index in [4.69, 9.17) is 11.6 Å². The molecule has 1 aromatic rings. The van der Waals surface area contributed by atoms with E-state index < -0.39 is 5.91 Å². The summed E-state index contributed by atoms with van der Waals surface area (Å²) >= 11 is 5.92. The van der Waals surface area contributed by atoms with Gasteiger partial charge in [0.15, 0.2) is 0 Å². The molecule has 1 aliphatic heterocycles. The topological polar surface area (TPSA) is 78.5 Å². The number of likely N-dealkylation sites (tertiary alicyclic amines) is 1. The van der Waals surface area contributed by atoms with Crippen LogP contribution in [-0.2, 0) is 9.59 Å². The summed E-state index contributed by atoms with van der Waals surface area (Å²) in [5.41, 5.74) is 5.05. The number of carbonyl (C=O) groups excluding carboxylic acids is 3. The van der Waals surface area contributed by atoms with Crippen LogP contribution in [0.5, 0.6) is 0 Å². The number of hydrogen-bond acceptors (Lipinski definition) is 3. The molecule has 22 heavy (non-hydrogen) atoms. The van der Waals surface area contributed by atoms with Crippen LogP contribution in [0, 0.1) is 5.92 Å². The quantitative estimate of drug-likeness (QED) is 0.807. The van der Waals surface area contributed by atoms with Crippen molar-refractivity contribution in [2.45, 2.75) is 19.8 Å². The van der Waals surface area contributed by atoms with E-state index in [-0.39, 0.29) is 17.7 Å². The van der Waals surface area contributed by atoms with Crippen LogP contribution in [0.25, 0.3) is 0 Å². The van der Waals surface area contributed by atoms with Gasteiger partial charge in [-0.2, -0.15) is 0 Å². The molecule has 0 aromatic heterocycles. The normalized spacial score (nSPS) is 17.7. The number of nitrogens with one attached hydrogen (secondary N) is 2. The predicted octanol–water partition coefficient (Wildman–Crippen LogP) is 1.36. The third-order valence-corrected chi connectivity index (χ3v) is 3.98. The van der Waals surface area contributed by atoms with Gasteiger partial charge in [-0.05, 0) is 25.0 Å². The van der Waals surface area contributed by atoms with E-state index in [1.807, 2.05) is 0 Å². The maximum Gasteiger partial charge on any atom is 0.271 e. The Hall–Kier alpha value is -2.08. The molecule has 0 bridgehead atoms. The number of benzene rings is 1. The van der Waals surface area contributed by atoms with E-state index in [9.17, 15) is 14.4 Å². The van der Waals surface area contributed by atoms with Crippen molar-refractivity contribution in [2.75, 3.05) is 13.1 Å². The van der Waals surface area contributed by atoms with E-state index in [2.05, 4.69) is 10.9 Å². The van der Waals surface area contributed by atoms with Gasteiger partial charge in [0.05, 0.1) is 16.5 Å². The molecule has 1 fully saturated rings. The summed E-state index contributed by atoms with van der Waals surface area (Å²) in [6.07, 6.45) is 1.47. The van der Waals surface area contributed by atoms with Crippen LogP contribution in [0.1, 0.15) is 30.1 Å². The second kappa shape index (κ2) is 7.26. The standard InChI is InChI=1S/C15H18ClN3O3/c1-10(20)19-8-4-5-11(9-19)14(21)17-18-15(22)12-6-2-3-7-13(12)16/h2-3,6-7,11H,4-5,8-9H2,1H3,(H,17,21)(H,18,22)/t11-/m0/s1. The lowest BCUT2D eigenvalue weighted by Crippen LogP contribution is -2.49. The molecule has 7 heteroatoms. The summed E-state index contributed by atoms with van der Waals surface area (Å²) in [5.74, 6) is -1.13. The highest BCUT2D eigenvalue weighted by Gasteiger charge is 2.27. The largest absolute Gasteiger partial charge is 0.342 e. The van der Waals surface area contributed by atoms with Gasteiger partial charge in [-0.3, -0.25) is 25.2 Å². The maximum absolute atomic E-state index is 12.1. The molecule has 0 saturated carbocycles. The van der Waals surface area contributed by atoms with Crippen molar-refractivity contribution in [3.8, 4) is 0 Å². The zero-order chi connectivity index (χ0) is 16.1. The summed E-state index contributed by atoms with van der Waals surface area (Å²) in [7, 11) is 0. The fourth-order valence-electron chi connectivity index (χ4n) is 2.41. The fourth-order valence-corrected chi connectivity index (χ4v) is 2.63. The zero-order valence-corrected chi connectivity index (χ0v) is 13.0.